The van der Waals surface area contributed by atoms with E-state index in [4.69, 9.17) is 4.42 Å². The van der Waals surface area contributed by atoms with Crippen molar-refractivity contribution in [1.82, 2.24) is 19.6 Å². The highest BCUT2D eigenvalue weighted by atomic mass is 127. The molecule has 2 aromatic rings. The minimum atomic E-state index is -1.13. The highest BCUT2D eigenvalue weighted by molar-refractivity contribution is 14.0. The van der Waals surface area contributed by atoms with Gasteiger partial charge in [-0.3, -0.25) is 0 Å². The number of aliphatic imine (C=N–C) groups is 1. The lowest BCUT2D eigenvalue weighted by Gasteiger charge is -2.36. The molecule has 2 N–H and O–H groups in total. The van der Waals surface area contributed by atoms with Crippen LogP contribution in [0, 0.1) is 0 Å². The lowest BCUT2D eigenvalue weighted by atomic mass is 10.0. The van der Waals surface area contributed by atoms with Crippen molar-refractivity contribution in [3.05, 3.63) is 30.0 Å². The first-order valence-electron chi connectivity index (χ1n) is 9.40. The Morgan fingerprint density at radius 1 is 1.36 bits per heavy atom. The molecular weight excluding hydrogens is 491 g/mol. The van der Waals surface area contributed by atoms with Crippen LogP contribution in [0.25, 0.3) is 0 Å². The predicted octanol–water partition coefficient (Wildman–Crippen LogP) is 2.31. The van der Waals surface area contributed by atoms with Gasteiger partial charge in [0.1, 0.15) is 17.2 Å². The molecular formula is C18H29IN6O2S. The van der Waals surface area contributed by atoms with Crippen LogP contribution in [0.3, 0.4) is 0 Å². The van der Waals surface area contributed by atoms with Crippen LogP contribution in [0.1, 0.15) is 32.4 Å². The van der Waals surface area contributed by atoms with Gasteiger partial charge in [-0.1, -0.05) is 6.92 Å². The molecule has 0 bridgehead atoms. The molecule has 0 spiro atoms. The smallest absolute Gasteiger partial charge is 0.205 e. The summed E-state index contributed by atoms with van der Waals surface area (Å²) in [4.78, 5) is 13.7. The first-order valence-corrected chi connectivity index (χ1v) is 10.2. The Bertz CT molecular complexity index is 741. The predicted molar refractivity (Wildman–Crippen MR) is 123 cm³/mol. The van der Waals surface area contributed by atoms with Crippen molar-refractivity contribution in [1.29, 1.82) is 0 Å². The topological polar surface area (TPSA) is 90.0 Å². The Labute approximate surface area is 187 Å². The molecule has 1 aliphatic heterocycles. The summed E-state index contributed by atoms with van der Waals surface area (Å²) in [6, 6.07) is 3.54. The molecule has 3 heterocycles. The van der Waals surface area contributed by atoms with Crippen LogP contribution in [0.4, 0.5) is 5.13 Å². The maximum atomic E-state index is 10.6. The average molecular weight is 520 g/mol. The van der Waals surface area contributed by atoms with E-state index in [2.05, 4.69) is 36.4 Å². The summed E-state index contributed by atoms with van der Waals surface area (Å²) in [5, 5.41) is 15.0. The first kappa shape index (κ1) is 22.9. The molecule has 1 fully saturated rings. The van der Waals surface area contributed by atoms with Gasteiger partial charge >= 0.3 is 0 Å². The molecule has 0 saturated carbocycles. The van der Waals surface area contributed by atoms with E-state index in [9.17, 15) is 5.11 Å². The number of guanidine groups is 1. The summed E-state index contributed by atoms with van der Waals surface area (Å²) < 4.78 is 9.72. The number of nitrogens with zero attached hydrogens (tertiary/aromatic N) is 5. The van der Waals surface area contributed by atoms with Crippen LogP contribution in [0.2, 0.25) is 0 Å². The summed E-state index contributed by atoms with van der Waals surface area (Å²) in [5.74, 6) is 2.25. The molecule has 0 radical (unpaired) electrons. The largest absolute Gasteiger partial charge is 0.466 e. The molecule has 1 atom stereocenters. The van der Waals surface area contributed by atoms with Crippen LogP contribution >= 0.6 is 35.5 Å². The third-order valence-electron chi connectivity index (χ3n) is 4.55. The average Bonchev–Trinajstić information content (AvgIpc) is 3.37. The van der Waals surface area contributed by atoms with Crippen molar-refractivity contribution in [3.63, 3.8) is 0 Å². The molecule has 28 heavy (non-hydrogen) atoms. The zero-order valence-electron chi connectivity index (χ0n) is 16.6. The third-order valence-corrected chi connectivity index (χ3v) is 5.36. The van der Waals surface area contributed by atoms with E-state index in [-0.39, 0.29) is 30.5 Å². The second-order valence-corrected chi connectivity index (χ2v) is 7.47. The maximum absolute atomic E-state index is 10.6. The molecule has 3 rings (SSSR count). The van der Waals surface area contributed by atoms with Crippen LogP contribution in [-0.2, 0) is 12.0 Å². The Morgan fingerprint density at radius 2 is 2.11 bits per heavy atom. The van der Waals surface area contributed by atoms with Crippen LogP contribution in [0.5, 0.6) is 0 Å². The number of hydrogen-bond donors (Lipinski definition) is 2. The van der Waals surface area contributed by atoms with Gasteiger partial charge in [0.15, 0.2) is 5.96 Å². The monoisotopic (exact) mass is 520 g/mol. The Kier molecular flexibility index (Phi) is 8.50. The van der Waals surface area contributed by atoms with Crippen molar-refractivity contribution < 1.29 is 9.52 Å². The van der Waals surface area contributed by atoms with Gasteiger partial charge in [-0.05, 0) is 26.0 Å². The molecule has 0 aliphatic carbocycles. The van der Waals surface area contributed by atoms with E-state index in [1.807, 2.05) is 6.92 Å². The van der Waals surface area contributed by atoms with E-state index in [0.717, 1.165) is 56.1 Å². The molecule has 1 unspecified atom stereocenters. The summed E-state index contributed by atoms with van der Waals surface area (Å²) in [6.45, 7) is 10.3. The van der Waals surface area contributed by atoms with E-state index >= 15 is 0 Å². The van der Waals surface area contributed by atoms with Crippen LogP contribution in [0.15, 0.2) is 27.8 Å². The summed E-state index contributed by atoms with van der Waals surface area (Å²) in [7, 11) is 0. The van der Waals surface area contributed by atoms with Gasteiger partial charge in [-0.15, -0.1) is 24.0 Å². The lowest BCUT2D eigenvalue weighted by molar-refractivity contribution is 0.0434. The molecule has 0 amide bonds. The summed E-state index contributed by atoms with van der Waals surface area (Å²) in [6.07, 6.45) is 2.43. The number of rotatable bonds is 6. The minimum absolute atomic E-state index is 0. The van der Waals surface area contributed by atoms with E-state index in [1.165, 1.54) is 11.5 Å². The van der Waals surface area contributed by atoms with Crippen LogP contribution in [-0.4, -0.2) is 64.6 Å². The van der Waals surface area contributed by atoms with Crippen molar-refractivity contribution in [3.8, 4) is 0 Å². The third kappa shape index (κ3) is 5.57. The number of aliphatic hydroxyl groups is 1. The normalized spacial score (nSPS) is 17.2. The second kappa shape index (κ2) is 10.4. The van der Waals surface area contributed by atoms with Gasteiger partial charge in [0.2, 0.25) is 5.13 Å². The Morgan fingerprint density at radius 3 is 2.68 bits per heavy atom. The number of hydrogen-bond acceptors (Lipinski definition) is 7. The van der Waals surface area contributed by atoms with Gasteiger partial charge in [-0.2, -0.15) is 4.37 Å². The summed E-state index contributed by atoms with van der Waals surface area (Å²) in [5.41, 5.74) is -1.13. The van der Waals surface area contributed by atoms with E-state index in [1.54, 1.807) is 25.3 Å². The molecule has 8 nitrogen and oxygen atoms in total. The SMILES string of the molecule is CCNC(=NCC(C)(O)c1ccco1)N1CCN(c2nc(CC)ns2)CC1.I. The highest BCUT2D eigenvalue weighted by Gasteiger charge is 2.27. The van der Waals surface area contributed by atoms with Crippen molar-refractivity contribution in [2.45, 2.75) is 32.8 Å². The van der Waals surface area contributed by atoms with E-state index < -0.39 is 5.60 Å². The van der Waals surface area contributed by atoms with Gasteiger partial charge in [0.25, 0.3) is 0 Å². The standard InChI is InChI=1S/C18H28N6O2S.HI/c1-4-15-21-17(27-22-15)24-10-8-23(9-11-24)16(19-5-2)20-13-18(3,25)14-7-6-12-26-14;/h6-7,12,25H,4-5,8-11,13H2,1-3H3,(H,19,20);1H. The molecule has 2 aromatic heterocycles. The number of piperazine rings is 1. The molecule has 10 heteroatoms. The Balaban J connectivity index is 0.00000280. The summed E-state index contributed by atoms with van der Waals surface area (Å²) >= 11 is 1.47. The molecule has 1 saturated heterocycles. The van der Waals surface area contributed by atoms with Crippen molar-refractivity contribution in [2.75, 3.05) is 44.2 Å². The number of anilines is 1. The second-order valence-electron chi connectivity index (χ2n) is 6.74. The van der Waals surface area contributed by atoms with Crippen molar-refractivity contribution >= 4 is 46.6 Å². The van der Waals surface area contributed by atoms with Gasteiger partial charge in [-0.25, -0.2) is 9.98 Å². The number of halogens is 1. The fourth-order valence-corrected chi connectivity index (χ4v) is 3.75. The van der Waals surface area contributed by atoms with Crippen LogP contribution < -0.4 is 10.2 Å². The number of aryl methyl sites for hydroxylation is 1. The molecule has 156 valence electrons. The maximum Gasteiger partial charge on any atom is 0.205 e. The lowest BCUT2D eigenvalue weighted by Crippen LogP contribution is -2.52. The first-order chi connectivity index (χ1) is 13.0. The number of furan rings is 1. The highest BCUT2D eigenvalue weighted by Crippen LogP contribution is 2.22. The Hall–Kier alpha value is -1.40. The van der Waals surface area contributed by atoms with E-state index in [0.29, 0.717) is 5.76 Å². The van der Waals surface area contributed by atoms with Gasteiger partial charge < -0.3 is 24.6 Å². The zero-order valence-corrected chi connectivity index (χ0v) is 19.7. The molecule has 1 aliphatic rings. The number of aromatic nitrogens is 2. The minimum Gasteiger partial charge on any atom is -0.466 e. The van der Waals surface area contributed by atoms with Crippen molar-refractivity contribution in [2.24, 2.45) is 4.99 Å². The van der Waals surface area contributed by atoms with Gasteiger partial charge in [0.05, 0.1) is 12.8 Å². The fraction of sp³-hybridized carbons (Fsp3) is 0.611. The number of nitrogens with one attached hydrogen (secondary N) is 1. The molecule has 0 aromatic carbocycles. The van der Waals surface area contributed by atoms with Gasteiger partial charge in [0, 0.05) is 50.7 Å². The zero-order chi connectivity index (χ0) is 19.3. The quantitative estimate of drug-likeness (QED) is 0.343. The fourth-order valence-electron chi connectivity index (χ4n) is 2.94.